The van der Waals surface area contributed by atoms with Crippen LogP contribution in [0.5, 0.6) is 5.75 Å². The van der Waals surface area contributed by atoms with E-state index in [9.17, 15) is 13.6 Å². The van der Waals surface area contributed by atoms with Gasteiger partial charge in [-0.05, 0) is 68.5 Å². The molecule has 0 bridgehead atoms. The summed E-state index contributed by atoms with van der Waals surface area (Å²) in [6, 6.07) is 5.62. The molecule has 0 radical (unpaired) electrons. The molecule has 2 atom stereocenters. The van der Waals surface area contributed by atoms with E-state index < -0.39 is 24.4 Å². The van der Waals surface area contributed by atoms with Crippen LogP contribution in [-0.4, -0.2) is 59.8 Å². The zero-order valence-corrected chi connectivity index (χ0v) is 23.7. The predicted octanol–water partition coefficient (Wildman–Crippen LogP) is 3.94. The van der Waals surface area contributed by atoms with Crippen LogP contribution in [0.25, 0.3) is 11.1 Å². The van der Waals surface area contributed by atoms with E-state index in [1.807, 2.05) is 13.8 Å². The van der Waals surface area contributed by atoms with Gasteiger partial charge >= 0.3 is 0 Å². The average Bonchev–Trinajstić information content (AvgIpc) is 3.69. The van der Waals surface area contributed by atoms with Crippen LogP contribution in [0.3, 0.4) is 0 Å². The fraction of sp³-hybridized carbons (Fsp3) is 0.407. The summed E-state index contributed by atoms with van der Waals surface area (Å²) in [5, 5.41) is 15.3. The highest BCUT2D eigenvalue weighted by Gasteiger charge is 2.25. The molecular weight excluding hydrogens is 540 g/mol. The topological polar surface area (TPSA) is 138 Å². The van der Waals surface area contributed by atoms with Crippen molar-refractivity contribution in [2.45, 2.75) is 44.8 Å². The molecule has 0 spiro atoms. The number of benzene rings is 1. The Morgan fingerprint density at radius 2 is 1.98 bits per heavy atom. The number of nitrogens with one attached hydrogen (secondary N) is 3. The molecule has 0 saturated heterocycles. The van der Waals surface area contributed by atoms with Crippen molar-refractivity contribution in [2.24, 2.45) is 16.8 Å². The van der Waals surface area contributed by atoms with Gasteiger partial charge in [-0.3, -0.25) is 36.6 Å². The molecule has 10 nitrogen and oxygen atoms in total. The van der Waals surface area contributed by atoms with Gasteiger partial charge in [0, 0.05) is 22.6 Å². The first-order chi connectivity index (χ1) is 19.2. The monoisotopic (exact) mass is 573 g/mol. The van der Waals surface area contributed by atoms with Gasteiger partial charge in [-0.25, -0.2) is 8.78 Å². The Morgan fingerprint density at radius 1 is 1.25 bits per heavy atom. The van der Waals surface area contributed by atoms with Crippen LogP contribution in [0, 0.1) is 23.2 Å². The molecule has 40 heavy (non-hydrogen) atoms. The van der Waals surface area contributed by atoms with E-state index >= 15 is 0 Å². The summed E-state index contributed by atoms with van der Waals surface area (Å²) < 4.78 is 37.8. The number of alkyl halides is 2. The van der Waals surface area contributed by atoms with Gasteiger partial charge in [-0.15, -0.1) is 0 Å². The molecule has 2 aliphatic rings. The number of hydrogen-bond donors (Lipinski definition) is 4. The minimum atomic E-state index is -2.84. The number of ether oxygens (including phenoxy) is 2. The number of amidine groups is 1. The SMILES string of the molecule is CC.COc1cnc(C(F)F)cc1-c1cc(C(=N)OC(N)N(C)C)ccc1C(=O)NC1=NNC(C#CC2CC2)S1. The van der Waals surface area contributed by atoms with Crippen LogP contribution < -0.4 is 21.2 Å². The average molecular weight is 574 g/mol. The van der Waals surface area contributed by atoms with Gasteiger partial charge in [0.1, 0.15) is 11.4 Å². The lowest BCUT2D eigenvalue weighted by Crippen LogP contribution is -2.40. The number of nitrogens with two attached hydrogens (primary N) is 1. The zero-order chi connectivity index (χ0) is 29.4. The van der Waals surface area contributed by atoms with Crippen molar-refractivity contribution in [2.75, 3.05) is 21.2 Å². The Morgan fingerprint density at radius 3 is 2.60 bits per heavy atom. The van der Waals surface area contributed by atoms with E-state index in [2.05, 4.69) is 32.7 Å². The zero-order valence-electron chi connectivity index (χ0n) is 22.9. The van der Waals surface area contributed by atoms with Gasteiger partial charge in [-0.2, -0.15) is 5.10 Å². The number of hydrazone groups is 1. The molecule has 1 amide bonds. The highest BCUT2D eigenvalue weighted by Crippen LogP contribution is 2.35. The van der Waals surface area contributed by atoms with Crippen LogP contribution in [0.1, 0.15) is 54.7 Å². The van der Waals surface area contributed by atoms with Crippen molar-refractivity contribution in [3.63, 3.8) is 0 Å². The Bertz CT molecular complexity index is 1320. The summed E-state index contributed by atoms with van der Waals surface area (Å²) in [6.45, 7) is 4.00. The Hall–Kier alpha value is -3.73. The third-order valence-corrected chi connectivity index (χ3v) is 6.50. The lowest BCUT2D eigenvalue weighted by Gasteiger charge is -2.21. The number of amides is 1. The summed E-state index contributed by atoms with van der Waals surface area (Å²) in [4.78, 5) is 18.7. The molecule has 1 fully saturated rings. The Kier molecular flexibility index (Phi) is 10.8. The van der Waals surface area contributed by atoms with Gasteiger partial charge in [0.25, 0.3) is 12.3 Å². The Balaban J connectivity index is 0.00000216. The predicted molar refractivity (Wildman–Crippen MR) is 152 cm³/mol. The quantitative estimate of drug-likeness (QED) is 0.169. The Labute approximate surface area is 236 Å². The number of rotatable bonds is 7. The first-order valence-corrected chi connectivity index (χ1v) is 13.5. The molecule has 1 saturated carbocycles. The van der Waals surface area contributed by atoms with E-state index in [4.69, 9.17) is 20.6 Å². The summed E-state index contributed by atoms with van der Waals surface area (Å²) in [5.74, 6) is 6.04. The molecule has 13 heteroatoms. The van der Waals surface area contributed by atoms with Crippen LogP contribution in [0.2, 0.25) is 0 Å². The molecule has 1 aromatic heterocycles. The summed E-state index contributed by atoms with van der Waals surface area (Å²) in [6.07, 6.45) is -0.371. The maximum Gasteiger partial charge on any atom is 0.280 e. The van der Waals surface area contributed by atoms with Gasteiger partial charge < -0.3 is 9.47 Å². The molecule has 1 aliphatic heterocycles. The third kappa shape index (κ3) is 7.91. The van der Waals surface area contributed by atoms with Crippen molar-refractivity contribution < 1.29 is 23.0 Å². The number of thioether (sulfide) groups is 1. The van der Waals surface area contributed by atoms with E-state index in [-0.39, 0.29) is 39.3 Å². The summed E-state index contributed by atoms with van der Waals surface area (Å²) in [7, 11) is 4.74. The normalized spacial score (nSPS) is 16.6. The maximum atomic E-state index is 13.5. The first kappa shape index (κ1) is 30.8. The number of aromatic nitrogens is 1. The molecule has 4 rings (SSSR count). The minimum absolute atomic E-state index is 0.138. The van der Waals surface area contributed by atoms with E-state index in [1.165, 1.54) is 43.3 Å². The molecule has 1 aliphatic carbocycles. The second kappa shape index (κ2) is 14.1. The second-order valence-electron chi connectivity index (χ2n) is 8.73. The highest BCUT2D eigenvalue weighted by atomic mass is 32.2. The van der Waals surface area contributed by atoms with Crippen LogP contribution in [0.15, 0.2) is 35.6 Å². The van der Waals surface area contributed by atoms with Gasteiger partial charge in [-0.1, -0.05) is 25.7 Å². The number of carbonyl (C=O) groups is 1. The smallest absolute Gasteiger partial charge is 0.280 e. The fourth-order valence-corrected chi connectivity index (χ4v) is 4.05. The van der Waals surface area contributed by atoms with Gasteiger partial charge in [0.05, 0.1) is 13.3 Å². The molecule has 2 unspecified atom stereocenters. The highest BCUT2D eigenvalue weighted by molar-refractivity contribution is 8.14. The fourth-order valence-electron chi connectivity index (χ4n) is 3.34. The lowest BCUT2D eigenvalue weighted by atomic mass is 9.96. The van der Waals surface area contributed by atoms with Gasteiger partial charge in [0.2, 0.25) is 12.2 Å². The summed E-state index contributed by atoms with van der Waals surface area (Å²) >= 11 is 1.26. The maximum absolute atomic E-state index is 13.5. The molecular formula is C27H33F2N7O3S. The molecule has 2 heterocycles. The van der Waals surface area contributed by atoms with Crippen LogP contribution >= 0.6 is 11.8 Å². The summed E-state index contributed by atoms with van der Waals surface area (Å²) in [5.41, 5.74) is 9.10. The number of halogens is 2. The number of carbonyl (C=O) groups excluding carboxylic acids is 1. The first-order valence-electron chi connectivity index (χ1n) is 12.6. The number of methoxy groups -OCH3 is 1. The standard InChI is InChI=1S/C25H27F2N7O3S.C2H6/c1-34(2)24(29)37-22(28)14-7-8-15(16(10-14)17-11-18(21(26)27)30-12-19(17)36-3)23(35)31-25-33-32-20(38-25)9-6-13-4-5-13;1-2/h7-8,10-13,20-21,24,28,32H,4-5,29H2,1-3H3,(H,31,33,35);1-2H3. The van der Waals surface area contributed by atoms with Gasteiger partial charge in [0.15, 0.2) is 10.5 Å². The van der Waals surface area contributed by atoms with Crippen LogP contribution in [-0.2, 0) is 4.74 Å². The van der Waals surface area contributed by atoms with Crippen molar-refractivity contribution in [1.82, 2.24) is 20.6 Å². The second-order valence-corrected chi connectivity index (χ2v) is 9.83. The lowest BCUT2D eigenvalue weighted by molar-refractivity contribution is 0.0590. The largest absolute Gasteiger partial charge is 0.494 e. The molecule has 5 N–H and O–H groups in total. The third-order valence-electron chi connectivity index (χ3n) is 5.63. The van der Waals surface area contributed by atoms with Crippen LogP contribution in [0.4, 0.5) is 8.78 Å². The molecule has 1 aromatic carbocycles. The molecule has 214 valence electrons. The minimum Gasteiger partial charge on any atom is -0.494 e. The molecule has 2 aromatic rings. The van der Waals surface area contributed by atoms with Crippen molar-refractivity contribution >= 4 is 28.7 Å². The van der Waals surface area contributed by atoms with E-state index in [0.717, 1.165) is 18.9 Å². The van der Waals surface area contributed by atoms with Crippen molar-refractivity contribution in [1.29, 1.82) is 5.41 Å². The number of pyridine rings is 1. The number of nitrogens with zero attached hydrogens (tertiary/aromatic N) is 3. The van der Waals surface area contributed by atoms with E-state index in [0.29, 0.717) is 11.1 Å². The number of hydrogen-bond acceptors (Lipinski definition) is 10. The van der Waals surface area contributed by atoms with Crippen molar-refractivity contribution in [3.8, 4) is 28.7 Å². The van der Waals surface area contributed by atoms with Crippen molar-refractivity contribution in [3.05, 3.63) is 47.3 Å². The van der Waals surface area contributed by atoms with E-state index in [1.54, 1.807) is 19.0 Å².